The summed E-state index contributed by atoms with van der Waals surface area (Å²) < 4.78 is 52.7. The van der Waals surface area contributed by atoms with Crippen LogP contribution in [0.25, 0.3) is 36.5 Å². The van der Waals surface area contributed by atoms with Crippen molar-refractivity contribution in [2.24, 2.45) is 0 Å². The number of ether oxygens (including phenoxy) is 2. The second-order valence-corrected chi connectivity index (χ2v) is 25.3. The van der Waals surface area contributed by atoms with Gasteiger partial charge in [0.05, 0.1) is 0 Å². The summed E-state index contributed by atoms with van der Waals surface area (Å²) in [5.41, 5.74) is 15.0. The number of fused-ring (bicyclic) bond motifs is 6. The first-order valence-electron chi connectivity index (χ1n) is 26.8. The van der Waals surface area contributed by atoms with E-state index in [4.69, 9.17) is 9.47 Å². The number of aromatic hydroxyl groups is 2. The van der Waals surface area contributed by atoms with Crippen LogP contribution >= 0.6 is 22.7 Å². The summed E-state index contributed by atoms with van der Waals surface area (Å²) in [7, 11) is 0. The lowest BCUT2D eigenvalue weighted by Gasteiger charge is -2.37. The molecule has 4 aromatic heterocycles. The predicted octanol–water partition coefficient (Wildman–Crippen LogP) is 14.8. The molecule has 0 aliphatic carbocycles. The highest BCUT2D eigenvalue weighted by atomic mass is 32.1. The smallest absolute Gasteiger partial charge is 0.507 e. The molecule has 2 aromatic carbocycles. The first-order chi connectivity index (χ1) is 36.0. The average molecular weight is 1060 g/mol. The number of aryl methyl sites for hydroxylation is 2. The van der Waals surface area contributed by atoms with E-state index in [0.29, 0.717) is 11.5 Å². The van der Waals surface area contributed by atoms with Gasteiger partial charge in [-0.3, -0.25) is 0 Å². The van der Waals surface area contributed by atoms with Gasteiger partial charge in [0.15, 0.2) is 11.4 Å². The lowest BCUT2D eigenvalue weighted by atomic mass is 9.69. The number of thiophene rings is 2. The molecule has 6 aliphatic rings. The van der Waals surface area contributed by atoms with Gasteiger partial charge < -0.3 is 46.2 Å². The fourth-order valence-corrected chi connectivity index (χ4v) is 14.8. The molecule has 0 radical (unpaired) electrons. The van der Waals surface area contributed by atoms with Crippen LogP contribution in [0.3, 0.4) is 0 Å². The van der Waals surface area contributed by atoms with Crippen molar-refractivity contribution in [3.05, 3.63) is 170 Å². The van der Waals surface area contributed by atoms with Gasteiger partial charge in [0.1, 0.15) is 46.6 Å². The van der Waals surface area contributed by atoms with Crippen LogP contribution in [0.5, 0.6) is 23.0 Å². The van der Waals surface area contributed by atoms with Crippen molar-refractivity contribution in [3.8, 4) is 23.0 Å². The number of allylic oxidation sites excluding steroid dienone is 4. The fourth-order valence-electron chi connectivity index (χ4n) is 12.6. The van der Waals surface area contributed by atoms with Crippen LogP contribution < -0.4 is 9.47 Å². The van der Waals surface area contributed by atoms with Gasteiger partial charge >= 0.3 is 13.4 Å². The summed E-state index contributed by atoms with van der Waals surface area (Å²) in [6.07, 6.45) is 29.0. The van der Waals surface area contributed by atoms with Gasteiger partial charge in [0, 0.05) is 103 Å². The monoisotopic (exact) mass is 1060 g/mol. The highest BCUT2D eigenvalue weighted by molar-refractivity contribution is 7.13. The minimum atomic E-state index is -2.45. The molecular weight excluding hydrogens is 988 g/mol. The first-order valence-corrected chi connectivity index (χ1v) is 28.4. The Balaban J connectivity index is 0.000000162. The standard InChI is InChI=1S/2C31H34BFN2O2S/c2*1-19-16-24(35-28(19)17-23-8-7-15-34(23)32(35,6)33)9-10-25-11-12-26(38-25)18-31(5)14-13-27-22(4)29(36)20(2)21(3)30(27)37-31/h2*7-12,15-17,36H,13-14,18H2,1-6H3/b2*10-9+/t2*31-,32?/m00/s1. The molecule has 76 heavy (non-hydrogen) atoms. The zero-order valence-electron chi connectivity index (χ0n) is 45.9. The van der Waals surface area contributed by atoms with Crippen LogP contribution in [0.15, 0.2) is 72.1 Å². The summed E-state index contributed by atoms with van der Waals surface area (Å²) in [6, 6.07) is 12.8. The number of nitrogens with zero attached hydrogens (tertiary/aromatic N) is 4. The van der Waals surface area contributed by atoms with Gasteiger partial charge in [-0.2, -0.15) is 0 Å². The van der Waals surface area contributed by atoms with E-state index < -0.39 is 13.4 Å². The van der Waals surface area contributed by atoms with E-state index in [-0.39, 0.29) is 11.2 Å². The number of phenols is 2. The van der Waals surface area contributed by atoms with Crippen molar-refractivity contribution in [1.82, 2.24) is 8.96 Å². The number of rotatable bonds is 8. The molecule has 2 N–H and O–H groups in total. The molecule has 0 saturated heterocycles. The van der Waals surface area contributed by atoms with Crippen molar-refractivity contribution in [2.45, 2.75) is 133 Å². The normalized spacial score (nSPS) is 23.7. The molecule has 0 fully saturated rings. The van der Waals surface area contributed by atoms with Gasteiger partial charge in [-0.25, -0.2) is 0 Å². The molecule has 8 nitrogen and oxygen atoms in total. The summed E-state index contributed by atoms with van der Waals surface area (Å²) >= 11 is 3.51. The summed E-state index contributed by atoms with van der Waals surface area (Å²) in [5, 5.41) is 21.0. The summed E-state index contributed by atoms with van der Waals surface area (Å²) in [4.78, 5) is 4.79. The largest absolute Gasteiger partial charge is 0.545 e. The van der Waals surface area contributed by atoms with E-state index in [1.165, 1.54) is 9.75 Å². The number of halogens is 2. The molecule has 6 aromatic rings. The minimum Gasteiger partial charge on any atom is -0.507 e. The minimum absolute atomic E-state index is 0.306. The molecule has 0 saturated carbocycles. The Morgan fingerprint density at radius 2 is 0.987 bits per heavy atom. The van der Waals surface area contributed by atoms with Gasteiger partial charge in [-0.1, -0.05) is 13.6 Å². The zero-order chi connectivity index (χ0) is 54.0. The first kappa shape index (κ1) is 51.5. The van der Waals surface area contributed by atoms with Crippen molar-refractivity contribution in [1.29, 1.82) is 0 Å². The van der Waals surface area contributed by atoms with Gasteiger partial charge in [-0.15, -0.1) is 22.7 Å². The molecule has 0 bridgehead atoms. The number of phenolic OH excluding ortho intramolecular Hbond substituents is 2. The third kappa shape index (κ3) is 8.64. The molecular formula is C62H68B2F2N4O4S2. The summed E-state index contributed by atoms with van der Waals surface area (Å²) in [6.45, 7) is 18.9. The Labute approximate surface area is 454 Å². The maximum Gasteiger partial charge on any atom is 0.545 e. The van der Waals surface area contributed by atoms with E-state index in [0.717, 1.165) is 150 Å². The second-order valence-electron chi connectivity index (χ2n) is 22.9. The van der Waals surface area contributed by atoms with Crippen LogP contribution in [0.1, 0.15) is 125 Å². The molecule has 392 valence electrons. The Kier molecular flexibility index (Phi) is 12.6. The van der Waals surface area contributed by atoms with Crippen LogP contribution in [-0.2, 0) is 25.7 Å². The third-order valence-electron chi connectivity index (χ3n) is 17.2. The number of benzene rings is 2. The van der Waals surface area contributed by atoms with Crippen LogP contribution in [0.4, 0.5) is 8.63 Å². The topological polar surface area (TPSA) is 74.8 Å². The highest BCUT2D eigenvalue weighted by Gasteiger charge is 2.46. The SMILES string of the molecule is Cc1cc(/C=C/c2ccc(C[C@]3(C)CCc4c(C)c(O)c(C)c(C)c4O3)s2)n2c1C=C1C=CC=[N+]1[B-]2(C)F.Cc1cc(/C=C/c2ccc(C[C@]3(C)CCc4c(C)c(O)c(C)c(C)c4O3)s2)n2c1C=C1C=CC=[N+]1[B-]2(C)F. The van der Waals surface area contributed by atoms with E-state index in [1.807, 2.05) is 113 Å². The van der Waals surface area contributed by atoms with Crippen molar-refractivity contribution in [3.63, 3.8) is 0 Å². The molecule has 12 rings (SSSR count). The second kappa shape index (κ2) is 18.5. The fraction of sp³-hybridized carbons (Fsp3) is 0.323. The van der Waals surface area contributed by atoms with Crippen LogP contribution in [0.2, 0.25) is 13.6 Å². The molecule has 0 amide bonds. The Morgan fingerprint density at radius 1 is 0.592 bits per heavy atom. The molecule has 4 atom stereocenters. The Hall–Kier alpha value is -6.63. The molecule has 0 spiro atoms. The Bertz CT molecular complexity index is 3480. The van der Waals surface area contributed by atoms with Crippen molar-refractivity contribution in [2.75, 3.05) is 0 Å². The van der Waals surface area contributed by atoms with E-state index in [1.54, 1.807) is 45.3 Å². The zero-order valence-corrected chi connectivity index (χ0v) is 47.5. The van der Waals surface area contributed by atoms with Gasteiger partial charge in [0.2, 0.25) is 0 Å². The number of aromatic nitrogens is 2. The summed E-state index contributed by atoms with van der Waals surface area (Å²) in [5.74, 6) is 2.66. The van der Waals surface area contributed by atoms with Gasteiger partial charge in [0.25, 0.3) is 0 Å². The van der Waals surface area contributed by atoms with E-state index >= 15 is 8.63 Å². The van der Waals surface area contributed by atoms with Crippen LogP contribution in [0, 0.1) is 55.4 Å². The third-order valence-corrected chi connectivity index (χ3v) is 19.3. The molecule has 10 heterocycles. The molecule has 2 unspecified atom stereocenters. The average Bonchev–Trinajstić information content (AvgIpc) is 4.26. The highest BCUT2D eigenvalue weighted by Crippen LogP contribution is 2.47. The predicted molar refractivity (Wildman–Crippen MR) is 315 cm³/mol. The van der Waals surface area contributed by atoms with Gasteiger partial charge in [-0.05, 0) is 200 Å². The van der Waals surface area contributed by atoms with Crippen LogP contribution in [-0.4, -0.2) is 65.2 Å². The lowest BCUT2D eigenvalue weighted by Crippen LogP contribution is -2.50. The van der Waals surface area contributed by atoms with E-state index in [2.05, 4.69) is 74.5 Å². The maximum atomic E-state index is 16.1. The molecule has 6 aliphatic heterocycles. The Morgan fingerprint density at radius 3 is 1.38 bits per heavy atom. The van der Waals surface area contributed by atoms with Crippen molar-refractivity contribution < 1.29 is 37.3 Å². The lowest BCUT2D eigenvalue weighted by molar-refractivity contribution is -0.341. The number of hydrogen-bond acceptors (Lipinski definition) is 6. The number of hydrogen-bond donors (Lipinski definition) is 2. The van der Waals surface area contributed by atoms with Crippen molar-refractivity contribution >= 4 is 84.9 Å². The van der Waals surface area contributed by atoms with E-state index in [9.17, 15) is 10.2 Å². The molecule has 14 heteroatoms. The maximum absolute atomic E-state index is 16.1. The quantitative estimate of drug-likeness (QED) is 0.149.